The van der Waals surface area contributed by atoms with Crippen LogP contribution >= 0.6 is 11.6 Å². The van der Waals surface area contributed by atoms with Crippen LogP contribution < -0.4 is 20.1 Å². The van der Waals surface area contributed by atoms with Crippen LogP contribution in [0.5, 0.6) is 11.5 Å². The number of amides is 1. The lowest BCUT2D eigenvalue weighted by Crippen LogP contribution is -2.37. The zero-order valence-corrected chi connectivity index (χ0v) is 21.2. The number of aromatic nitrogens is 4. The van der Waals surface area contributed by atoms with E-state index in [1.807, 2.05) is 11.9 Å². The van der Waals surface area contributed by atoms with E-state index in [0.29, 0.717) is 47.0 Å². The number of hydrogen-bond acceptors (Lipinski definition) is 8. The summed E-state index contributed by atoms with van der Waals surface area (Å²) in [6.45, 7) is 0.536. The number of halogens is 2. The summed E-state index contributed by atoms with van der Waals surface area (Å²) in [6, 6.07) is 9.54. The van der Waals surface area contributed by atoms with Gasteiger partial charge in [0.1, 0.15) is 24.1 Å². The van der Waals surface area contributed by atoms with Crippen LogP contribution in [0.15, 0.2) is 48.9 Å². The van der Waals surface area contributed by atoms with Gasteiger partial charge in [-0.2, -0.15) is 5.10 Å². The topological polar surface area (TPSA) is 106 Å². The zero-order chi connectivity index (χ0) is 26.1. The summed E-state index contributed by atoms with van der Waals surface area (Å²) in [5.74, 6) is 1.24. The van der Waals surface area contributed by atoms with Crippen molar-refractivity contribution in [1.82, 2.24) is 24.6 Å². The number of nitrogens with zero attached hydrogens (tertiary/aromatic N) is 5. The molecule has 2 atom stereocenters. The average Bonchev–Trinajstić information content (AvgIpc) is 3.46. The second-order valence-electron chi connectivity index (χ2n) is 8.73. The van der Waals surface area contributed by atoms with Gasteiger partial charge in [0.15, 0.2) is 17.3 Å². The molecule has 12 heteroatoms. The Morgan fingerprint density at radius 2 is 2.03 bits per heavy atom. The molecular weight excluding hydrogens is 501 g/mol. The van der Waals surface area contributed by atoms with Crippen LogP contribution in [0.3, 0.4) is 0 Å². The average molecular weight is 526 g/mol. The van der Waals surface area contributed by atoms with Crippen molar-refractivity contribution in [2.75, 3.05) is 31.3 Å². The molecule has 2 aromatic carbocycles. The first-order valence-corrected chi connectivity index (χ1v) is 11.9. The van der Waals surface area contributed by atoms with Gasteiger partial charge in [0, 0.05) is 37.5 Å². The number of ether oxygens (including phenoxy) is 2. The molecule has 0 aliphatic carbocycles. The van der Waals surface area contributed by atoms with E-state index < -0.39 is 5.82 Å². The third-order valence-electron chi connectivity index (χ3n) is 6.30. The number of rotatable bonds is 7. The molecule has 37 heavy (non-hydrogen) atoms. The van der Waals surface area contributed by atoms with Crippen LogP contribution in [-0.2, 0) is 11.8 Å². The summed E-state index contributed by atoms with van der Waals surface area (Å²) in [5, 5.41) is 10.6. The van der Waals surface area contributed by atoms with Crippen LogP contribution in [0.2, 0.25) is 5.02 Å². The summed E-state index contributed by atoms with van der Waals surface area (Å²) in [7, 11) is 5.18. The van der Waals surface area contributed by atoms with E-state index in [2.05, 4.69) is 25.7 Å². The molecule has 2 aromatic heterocycles. The van der Waals surface area contributed by atoms with Gasteiger partial charge in [-0.3, -0.25) is 14.4 Å². The quantitative estimate of drug-likeness (QED) is 0.373. The highest BCUT2D eigenvalue weighted by Crippen LogP contribution is 2.37. The Hall–Kier alpha value is -3.96. The highest BCUT2D eigenvalue weighted by atomic mass is 35.5. The third kappa shape index (κ3) is 5.00. The van der Waals surface area contributed by atoms with Crippen molar-refractivity contribution in [3.05, 3.63) is 59.8 Å². The Balaban J connectivity index is 1.39. The van der Waals surface area contributed by atoms with Crippen molar-refractivity contribution in [3.63, 3.8) is 0 Å². The van der Waals surface area contributed by atoms with Gasteiger partial charge in [-0.25, -0.2) is 14.4 Å². The van der Waals surface area contributed by atoms with E-state index in [9.17, 15) is 9.18 Å². The van der Waals surface area contributed by atoms with Crippen molar-refractivity contribution >= 4 is 45.7 Å². The molecule has 0 spiro atoms. The number of aryl methyl sites for hydroxylation is 1. The van der Waals surface area contributed by atoms with Crippen LogP contribution in [0.1, 0.15) is 6.42 Å². The predicted octanol–water partition coefficient (Wildman–Crippen LogP) is 4.00. The zero-order valence-electron chi connectivity index (χ0n) is 20.4. The monoisotopic (exact) mass is 525 g/mol. The minimum Gasteiger partial charge on any atom is -0.493 e. The summed E-state index contributed by atoms with van der Waals surface area (Å²) < 4.78 is 28.0. The van der Waals surface area contributed by atoms with E-state index in [0.717, 1.165) is 0 Å². The van der Waals surface area contributed by atoms with Gasteiger partial charge in [0.25, 0.3) is 0 Å². The Morgan fingerprint density at radius 1 is 1.19 bits per heavy atom. The maximum atomic E-state index is 14.5. The molecule has 1 fully saturated rings. The SMILES string of the molecule is COc1cc2ncnc(Nc3cccc(Cl)c3F)c2cc1OC1C[C@H](C(=O)Nc2ccnn2C)N(C)C1. The van der Waals surface area contributed by atoms with Gasteiger partial charge in [-0.05, 0) is 25.2 Å². The van der Waals surface area contributed by atoms with Crippen molar-refractivity contribution in [3.8, 4) is 11.5 Å². The second kappa shape index (κ2) is 10.2. The molecule has 1 aliphatic rings. The summed E-state index contributed by atoms with van der Waals surface area (Å²) in [4.78, 5) is 23.5. The van der Waals surface area contributed by atoms with Crippen molar-refractivity contribution in [2.24, 2.45) is 7.05 Å². The normalized spacial score (nSPS) is 17.6. The van der Waals surface area contributed by atoms with Crippen LogP contribution in [-0.4, -0.2) is 63.4 Å². The van der Waals surface area contributed by atoms with E-state index >= 15 is 0 Å². The summed E-state index contributed by atoms with van der Waals surface area (Å²) in [6.07, 6.45) is 3.21. The lowest BCUT2D eigenvalue weighted by molar-refractivity contribution is -0.120. The Bertz CT molecular complexity index is 1460. The molecule has 192 valence electrons. The molecule has 5 rings (SSSR count). The molecule has 3 heterocycles. The lowest BCUT2D eigenvalue weighted by Gasteiger charge is -2.18. The van der Waals surface area contributed by atoms with Gasteiger partial charge in [-0.15, -0.1) is 0 Å². The van der Waals surface area contributed by atoms with Crippen molar-refractivity contribution < 1.29 is 18.7 Å². The molecule has 0 bridgehead atoms. The number of anilines is 3. The Kier molecular flexibility index (Phi) is 6.81. The van der Waals surface area contributed by atoms with Gasteiger partial charge in [-0.1, -0.05) is 17.7 Å². The number of methoxy groups -OCH3 is 1. The third-order valence-corrected chi connectivity index (χ3v) is 6.60. The first kappa shape index (κ1) is 24.7. The van der Waals surface area contributed by atoms with Gasteiger partial charge >= 0.3 is 0 Å². The second-order valence-corrected chi connectivity index (χ2v) is 9.14. The van der Waals surface area contributed by atoms with E-state index in [4.69, 9.17) is 21.1 Å². The largest absolute Gasteiger partial charge is 0.493 e. The minimum atomic E-state index is -0.578. The van der Waals surface area contributed by atoms with Crippen molar-refractivity contribution in [1.29, 1.82) is 0 Å². The molecule has 1 saturated heterocycles. The summed E-state index contributed by atoms with van der Waals surface area (Å²) in [5.41, 5.74) is 0.770. The number of benzene rings is 2. The molecule has 0 radical (unpaired) electrons. The fraction of sp³-hybridized carbons (Fsp3) is 0.280. The first-order chi connectivity index (χ1) is 17.8. The lowest BCUT2D eigenvalue weighted by atomic mass is 10.1. The van der Waals surface area contributed by atoms with Crippen LogP contribution in [0.4, 0.5) is 21.7 Å². The van der Waals surface area contributed by atoms with Crippen LogP contribution in [0, 0.1) is 5.82 Å². The number of carbonyl (C=O) groups excluding carboxylic acids is 1. The maximum absolute atomic E-state index is 14.5. The van der Waals surface area contributed by atoms with E-state index in [1.54, 1.807) is 55.4 Å². The summed E-state index contributed by atoms with van der Waals surface area (Å²) >= 11 is 5.93. The first-order valence-electron chi connectivity index (χ1n) is 11.5. The van der Waals surface area contributed by atoms with Gasteiger partial charge < -0.3 is 20.1 Å². The fourth-order valence-electron chi connectivity index (χ4n) is 4.37. The number of likely N-dealkylation sites (tertiary alicyclic amines) is 1. The Morgan fingerprint density at radius 3 is 2.78 bits per heavy atom. The predicted molar refractivity (Wildman–Crippen MR) is 138 cm³/mol. The maximum Gasteiger partial charge on any atom is 0.243 e. The van der Waals surface area contributed by atoms with Crippen LogP contribution in [0.25, 0.3) is 10.9 Å². The molecule has 1 aliphatic heterocycles. The van der Waals surface area contributed by atoms with Gasteiger partial charge in [0.05, 0.1) is 35.6 Å². The molecule has 2 N–H and O–H groups in total. The van der Waals surface area contributed by atoms with Crippen molar-refractivity contribution in [2.45, 2.75) is 18.6 Å². The molecular formula is C25H25ClFN7O3. The van der Waals surface area contributed by atoms with E-state index in [1.165, 1.54) is 12.4 Å². The molecule has 10 nitrogen and oxygen atoms in total. The molecule has 1 amide bonds. The number of carbonyl (C=O) groups is 1. The molecule has 1 unspecified atom stereocenters. The minimum absolute atomic E-state index is 0.00129. The fourth-order valence-corrected chi connectivity index (χ4v) is 4.55. The highest BCUT2D eigenvalue weighted by Gasteiger charge is 2.36. The molecule has 4 aromatic rings. The Labute approximate surface area is 217 Å². The van der Waals surface area contributed by atoms with Gasteiger partial charge in [0.2, 0.25) is 5.91 Å². The standard InChI is InChI=1S/C25H25ClFN7O3/c1-33-12-14(9-19(33)25(35)32-22-7-8-30-34(22)2)37-21-10-15-18(11-20(21)36-3)28-13-29-24(15)31-17-6-4-5-16(26)23(17)27/h4-8,10-11,13-14,19H,9,12H2,1-3H3,(H,32,35)(H,28,29,31)/t14?,19-/m1/s1. The number of fused-ring (bicyclic) bond motifs is 1. The smallest absolute Gasteiger partial charge is 0.243 e. The number of likely N-dealkylation sites (N-methyl/N-ethyl adjacent to an activating group) is 1. The molecule has 0 saturated carbocycles. The highest BCUT2D eigenvalue weighted by molar-refractivity contribution is 6.31. The van der Waals surface area contributed by atoms with E-state index in [-0.39, 0.29) is 28.8 Å². The number of nitrogens with one attached hydrogen (secondary N) is 2. The number of hydrogen-bond donors (Lipinski definition) is 2.